The first-order valence-electron chi connectivity index (χ1n) is 7.61. The standard InChI is InChI=1S/C15H25NO2/c17-4-2-1-3-14(18)16-15-8-11-5-12(9-15)7-13(6-11)10-15/h11-13,17H,1-10H2,(H,16,18). The highest BCUT2D eigenvalue weighted by Gasteiger charge is 2.51. The molecule has 0 saturated heterocycles. The van der Waals surface area contributed by atoms with Crippen molar-refractivity contribution in [1.29, 1.82) is 0 Å². The van der Waals surface area contributed by atoms with Gasteiger partial charge >= 0.3 is 0 Å². The van der Waals surface area contributed by atoms with Gasteiger partial charge in [-0.2, -0.15) is 0 Å². The maximum atomic E-state index is 12.0. The van der Waals surface area contributed by atoms with Crippen LogP contribution in [0.2, 0.25) is 0 Å². The molecule has 3 nitrogen and oxygen atoms in total. The van der Waals surface area contributed by atoms with E-state index in [-0.39, 0.29) is 18.1 Å². The molecule has 2 N–H and O–H groups in total. The molecule has 0 aromatic rings. The molecule has 0 spiro atoms. The number of hydrogen-bond donors (Lipinski definition) is 2. The first-order chi connectivity index (χ1) is 8.69. The molecule has 0 atom stereocenters. The molecule has 0 aromatic heterocycles. The van der Waals surface area contributed by atoms with Gasteiger partial charge in [0, 0.05) is 18.6 Å². The van der Waals surface area contributed by atoms with Gasteiger partial charge < -0.3 is 10.4 Å². The third kappa shape index (κ3) is 2.42. The van der Waals surface area contributed by atoms with Gasteiger partial charge in [0.15, 0.2) is 0 Å². The zero-order chi connectivity index (χ0) is 12.6. The number of nitrogens with one attached hydrogen (secondary N) is 1. The number of carbonyl (C=O) groups is 1. The Morgan fingerprint density at radius 2 is 1.61 bits per heavy atom. The summed E-state index contributed by atoms with van der Waals surface area (Å²) in [6, 6.07) is 0. The van der Waals surface area contributed by atoms with Crippen molar-refractivity contribution in [1.82, 2.24) is 5.32 Å². The second kappa shape index (κ2) is 4.84. The van der Waals surface area contributed by atoms with Gasteiger partial charge in [-0.1, -0.05) is 0 Å². The van der Waals surface area contributed by atoms with Crippen LogP contribution in [0.1, 0.15) is 57.8 Å². The van der Waals surface area contributed by atoms with E-state index in [0.717, 1.165) is 30.6 Å². The van der Waals surface area contributed by atoms with Crippen molar-refractivity contribution in [3.8, 4) is 0 Å². The minimum Gasteiger partial charge on any atom is -0.396 e. The van der Waals surface area contributed by atoms with Gasteiger partial charge in [0.05, 0.1) is 0 Å². The van der Waals surface area contributed by atoms with Gasteiger partial charge in [-0.15, -0.1) is 0 Å². The van der Waals surface area contributed by atoms with Crippen LogP contribution in [0.15, 0.2) is 0 Å². The first-order valence-corrected chi connectivity index (χ1v) is 7.61. The topological polar surface area (TPSA) is 49.3 Å². The predicted octanol–water partition coefficient (Wildman–Crippen LogP) is 2.23. The number of aliphatic hydroxyl groups excluding tert-OH is 1. The highest BCUT2D eigenvalue weighted by atomic mass is 16.3. The summed E-state index contributed by atoms with van der Waals surface area (Å²) in [5.41, 5.74) is 0.158. The van der Waals surface area contributed by atoms with Crippen LogP contribution in [-0.4, -0.2) is 23.2 Å². The van der Waals surface area contributed by atoms with Crippen molar-refractivity contribution in [2.45, 2.75) is 63.3 Å². The molecule has 3 heteroatoms. The molecular formula is C15H25NO2. The average Bonchev–Trinajstić information content (AvgIpc) is 2.26. The van der Waals surface area contributed by atoms with E-state index < -0.39 is 0 Å². The molecule has 0 aromatic carbocycles. The summed E-state index contributed by atoms with van der Waals surface area (Å²) >= 11 is 0. The lowest BCUT2D eigenvalue weighted by molar-refractivity contribution is -0.127. The molecule has 1 amide bonds. The lowest BCUT2D eigenvalue weighted by atomic mass is 9.53. The van der Waals surface area contributed by atoms with Gasteiger partial charge in [-0.25, -0.2) is 0 Å². The van der Waals surface area contributed by atoms with Crippen LogP contribution in [0.25, 0.3) is 0 Å². The second-order valence-electron chi connectivity index (χ2n) is 6.93. The average molecular weight is 251 g/mol. The van der Waals surface area contributed by atoms with Gasteiger partial charge in [0.1, 0.15) is 0 Å². The molecule has 4 aliphatic carbocycles. The molecule has 4 bridgehead atoms. The number of amides is 1. The summed E-state index contributed by atoms with van der Waals surface area (Å²) in [4.78, 5) is 12.0. The Bertz CT molecular complexity index is 291. The van der Waals surface area contributed by atoms with Crippen molar-refractivity contribution in [2.24, 2.45) is 17.8 Å². The van der Waals surface area contributed by atoms with E-state index in [2.05, 4.69) is 5.32 Å². The van der Waals surface area contributed by atoms with Gasteiger partial charge in [0.2, 0.25) is 5.91 Å². The van der Waals surface area contributed by atoms with Crippen LogP contribution in [0, 0.1) is 17.8 Å². The minimum atomic E-state index is 0.158. The lowest BCUT2D eigenvalue weighted by Crippen LogP contribution is -2.59. The maximum absolute atomic E-state index is 12.0. The van der Waals surface area contributed by atoms with Crippen molar-refractivity contribution >= 4 is 5.91 Å². The molecule has 4 rings (SSSR count). The highest BCUT2D eigenvalue weighted by molar-refractivity contribution is 5.76. The third-order valence-electron chi connectivity index (χ3n) is 5.25. The van der Waals surface area contributed by atoms with Crippen molar-refractivity contribution in [3.63, 3.8) is 0 Å². The van der Waals surface area contributed by atoms with Gasteiger partial charge in [0.25, 0.3) is 0 Å². The van der Waals surface area contributed by atoms with Crippen molar-refractivity contribution in [3.05, 3.63) is 0 Å². The summed E-state index contributed by atoms with van der Waals surface area (Å²) in [6.45, 7) is 0.199. The van der Waals surface area contributed by atoms with Crippen molar-refractivity contribution in [2.75, 3.05) is 6.61 Å². The Kier molecular flexibility index (Phi) is 3.35. The number of carbonyl (C=O) groups excluding carboxylic acids is 1. The Morgan fingerprint density at radius 1 is 1.06 bits per heavy atom. The second-order valence-corrected chi connectivity index (χ2v) is 6.93. The Balaban J connectivity index is 1.57. The smallest absolute Gasteiger partial charge is 0.220 e. The van der Waals surface area contributed by atoms with Crippen molar-refractivity contribution < 1.29 is 9.90 Å². The van der Waals surface area contributed by atoms with Crippen LogP contribution >= 0.6 is 0 Å². The predicted molar refractivity (Wildman–Crippen MR) is 70.0 cm³/mol. The molecule has 4 fully saturated rings. The van der Waals surface area contributed by atoms with E-state index in [9.17, 15) is 4.79 Å². The normalized spacial score (nSPS) is 41.1. The van der Waals surface area contributed by atoms with Crippen LogP contribution in [0.3, 0.4) is 0 Å². The summed E-state index contributed by atoms with van der Waals surface area (Å²) in [7, 11) is 0. The molecule has 4 aliphatic rings. The highest BCUT2D eigenvalue weighted by Crippen LogP contribution is 2.55. The SMILES string of the molecule is O=C(CCCCO)NC12CC3CC(CC(C3)C1)C2. The Morgan fingerprint density at radius 3 is 2.11 bits per heavy atom. The summed E-state index contributed by atoms with van der Waals surface area (Å²) in [5, 5.41) is 12.1. The number of rotatable bonds is 5. The molecule has 0 aliphatic heterocycles. The maximum Gasteiger partial charge on any atom is 0.220 e. The Hall–Kier alpha value is -0.570. The molecular weight excluding hydrogens is 226 g/mol. The van der Waals surface area contributed by atoms with Crippen LogP contribution < -0.4 is 5.32 Å². The van der Waals surface area contributed by atoms with E-state index >= 15 is 0 Å². The Labute approximate surface area is 109 Å². The molecule has 102 valence electrons. The summed E-state index contributed by atoms with van der Waals surface area (Å²) in [5.74, 6) is 2.86. The summed E-state index contributed by atoms with van der Waals surface area (Å²) < 4.78 is 0. The van der Waals surface area contributed by atoms with E-state index in [1.807, 2.05) is 0 Å². The van der Waals surface area contributed by atoms with Gasteiger partial charge in [-0.3, -0.25) is 4.79 Å². The molecule has 4 saturated carbocycles. The first kappa shape index (κ1) is 12.5. The molecule has 18 heavy (non-hydrogen) atoms. The fraction of sp³-hybridized carbons (Fsp3) is 0.933. The van der Waals surface area contributed by atoms with E-state index in [1.165, 1.54) is 38.5 Å². The monoisotopic (exact) mass is 251 g/mol. The largest absolute Gasteiger partial charge is 0.396 e. The minimum absolute atomic E-state index is 0.158. The van der Waals surface area contributed by atoms with E-state index in [1.54, 1.807) is 0 Å². The van der Waals surface area contributed by atoms with Crippen LogP contribution in [-0.2, 0) is 4.79 Å². The third-order valence-corrected chi connectivity index (χ3v) is 5.25. The van der Waals surface area contributed by atoms with Crippen LogP contribution in [0.4, 0.5) is 0 Å². The lowest BCUT2D eigenvalue weighted by Gasteiger charge is -2.56. The fourth-order valence-electron chi connectivity index (χ4n) is 5.02. The molecule has 0 radical (unpaired) electrons. The zero-order valence-corrected chi connectivity index (χ0v) is 11.2. The quantitative estimate of drug-likeness (QED) is 0.736. The number of aliphatic hydroxyl groups is 1. The molecule has 0 heterocycles. The fourth-order valence-corrected chi connectivity index (χ4v) is 5.02. The van der Waals surface area contributed by atoms with Gasteiger partial charge in [-0.05, 0) is 69.1 Å². The number of hydrogen-bond acceptors (Lipinski definition) is 2. The van der Waals surface area contributed by atoms with E-state index in [4.69, 9.17) is 5.11 Å². The van der Waals surface area contributed by atoms with E-state index in [0.29, 0.717) is 6.42 Å². The molecule has 0 unspecified atom stereocenters. The summed E-state index contributed by atoms with van der Waals surface area (Å²) in [6.07, 6.45) is 10.1. The number of unbranched alkanes of at least 4 members (excludes halogenated alkanes) is 1. The zero-order valence-electron chi connectivity index (χ0n) is 11.2. The van der Waals surface area contributed by atoms with Crippen LogP contribution in [0.5, 0.6) is 0 Å².